The van der Waals surface area contributed by atoms with Gasteiger partial charge >= 0.3 is 0 Å². The molecule has 2 aromatic carbocycles. The molecule has 0 unspecified atom stereocenters. The highest BCUT2D eigenvalue weighted by molar-refractivity contribution is 6.13. The summed E-state index contributed by atoms with van der Waals surface area (Å²) < 4.78 is 84.7. The van der Waals surface area contributed by atoms with Crippen molar-refractivity contribution in [2.45, 2.75) is 51.4 Å². The number of Topliss-reactive ketones (excluding diaryl/α,β-unsaturated/α-hetero) is 1. The summed E-state index contributed by atoms with van der Waals surface area (Å²) >= 11 is 0. The number of carbonyl (C=O) groups excluding carboxylic acids is 1. The highest BCUT2D eigenvalue weighted by Crippen LogP contribution is 2.36. The first-order valence-electron chi connectivity index (χ1n) is 22.9. The number of ether oxygens (including phenoxy) is 2. The molecule has 12 rings (SSSR count). The molecule has 23 heteroatoms. The standard InChI is InChI=1S/C49H40F4N14O5/c1-27-23-37(62-71-27)44-58-56-42-31-7-3-5-9-33(31)46(60-66(42)44)69-25-29-11-13-35(40(54-29)64-19-15-48(50,51)16-20-64)39(68)36-14-12-30(55-41(36)65-21-17-49(52,53)18-22-65)26-70-47-34-10-6-4-8-32(34)43-57-59-45(67(43)61-47)38-24-28(2)72-63-38/h3-14,23-26,54-55H,15-22H2,1-2H3. The van der Waals surface area contributed by atoms with Crippen LogP contribution in [0.4, 0.5) is 17.6 Å². The zero-order valence-corrected chi connectivity index (χ0v) is 38.3. The van der Waals surface area contributed by atoms with E-state index in [4.69, 9.17) is 28.7 Å². The Balaban J connectivity index is 0.881. The molecule has 72 heavy (non-hydrogen) atoms. The molecule has 4 aliphatic heterocycles. The highest BCUT2D eigenvalue weighted by atomic mass is 19.3. The van der Waals surface area contributed by atoms with E-state index in [-0.39, 0.29) is 60.7 Å². The topological polar surface area (TPSA) is 204 Å². The number of ketones is 1. The van der Waals surface area contributed by atoms with Crippen molar-refractivity contribution < 1.29 is 40.9 Å². The van der Waals surface area contributed by atoms with Gasteiger partial charge in [-0.2, -0.15) is 9.03 Å². The number of aromatic nitrogens is 10. The fraction of sp³-hybridized carbons (Fsp3) is 0.245. The van der Waals surface area contributed by atoms with Gasteiger partial charge in [0.2, 0.25) is 23.4 Å². The number of allylic oxidation sites excluding steroid dienone is 6. The lowest BCUT2D eigenvalue weighted by atomic mass is 9.96. The monoisotopic (exact) mass is 980 g/mol. The summed E-state index contributed by atoms with van der Waals surface area (Å²) in [5.74, 6) is -3.56. The fourth-order valence-electron chi connectivity index (χ4n) is 9.04. The number of piperidine rings is 2. The van der Waals surface area contributed by atoms with Gasteiger partial charge in [0.25, 0.3) is 11.8 Å². The zero-order valence-electron chi connectivity index (χ0n) is 38.3. The largest absolute Gasteiger partial charge is 0.443 e. The second-order valence-electron chi connectivity index (χ2n) is 17.7. The summed E-state index contributed by atoms with van der Waals surface area (Å²) in [7, 11) is 0. The van der Waals surface area contributed by atoms with Gasteiger partial charge in [-0.1, -0.05) is 46.7 Å². The number of carbonyl (C=O) groups is 1. The summed E-state index contributed by atoms with van der Waals surface area (Å²) in [5, 5.41) is 44.2. The van der Waals surface area contributed by atoms with Crippen LogP contribution in [0.15, 0.2) is 141 Å². The molecular formula is C49H40F4N14O5. The van der Waals surface area contributed by atoms with Crippen LogP contribution in [0.3, 0.4) is 0 Å². The Morgan fingerprint density at radius 1 is 0.597 bits per heavy atom. The maximum atomic E-state index is 15.1. The normalized spacial score (nSPS) is 19.1. The van der Waals surface area contributed by atoms with Crippen LogP contribution in [0.5, 0.6) is 11.8 Å². The van der Waals surface area contributed by atoms with Crippen LogP contribution in [-0.2, 0) is 4.79 Å². The van der Waals surface area contributed by atoms with Crippen molar-refractivity contribution in [3.8, 4) is 34.8 Å². The first-order chi connectivity index (χ1) is 34.8. The van der Waals surface area contributed by atoms with Gasteiger partial charge in [-0.25, -0.2) is 17.6 Å². The van der Waals surface area contributed by atoms with Crippen LogP contribution in [-0.4, -0.2) is 104 Å². The van der Waals surface area contributed by atoms with Crippen LogP contribution in [0.2, 0.25) is 0 Å². The summed E-state index contributed by atoms with van der Waals surface area (Å²) in [4.78, 5) is 18.5. The Bertz CT molecular complexity index is 3460. The van der Waals surface area contributed by atoms with E-state index >= 15 is 4.79 Å². The van der Waals surface area contributed by atoms with Crippen LogP contribution < -0.4 is 20.1 Å². The molecule has 2 N–H and O–H groups in total. The van der Waals surface area contributed by atoms with Gasteiger partial charge in [-0.15, -0.1) is 30.6 Å². The van der Waals surface area contributed by atoms with E-state index in [2.05, 4.69) is 41.3 Å². The van der Waals surface area contributed by atoms with Crippen molar-refractivity contribution in [2.75, 3.05) is 26.2 Å². The molecule has 2 fully saturated rings. The molecule has 0 aliphatic carbocycles. The van der Waals surface area contributed by atoms with Crippen molar-refractivity contribution in [2.24, 2.45) is 0 Å². The van der Waals surface area contributed by atoms with E-state index in [9.17, 15) is 17.6 Å². The zero-order chi connectivity index (χ0) is 49.3. The number of nitrogens with zero attached hydrogens (tertiary/aromatic N) is 12. The molecule has 0 radical (unpaired) electrons. The predicted molar refractivity (Wildman–Crippen MR) is 250 cm³/mol. The number of aryl methyl sites for hydroxylation is 2. The van der Waals surface area contributed by atoms with E-state index in [1.807, 2.05) is 48.5 Å². The van der Waals surface area contributed by atoms with Gasteiger partial charge in [-0.3, -0.25) is 4.79 Å². The fourth-order valence-corrected chi connectivity index (χ4v) is 9.04. The minimum absolute atomic E-state index is 0.0658. The molecule has 4 aliphatic rings. The van der Waals surface area contributed by atoms with Crippen LogP contribution in [0, 0.1) is 13.8 Å². The van der Waals surface area contributed by atoms with Crippen molar-refractivity contribution in [3.63, 3.8) is 0 Å². The van der Waals surface area contributed by atoms with Gasteiger partial charge in [0.05, 0.1) is 22.5 Å². The summed E-state index contributed by atoms with van der Waals surface area (Å²) in [6.07, 6.45) is 7.47. The molecule has 6 aromatic heterocycles. The van der Waals surface area contributed by atoms with E-state index in [0.29, 0.717) is 78.8 Å². The molecule has 8 aromatic rings. The molecule has 0 bridgehead atoms. The average Bonchev–Trinajstić information content (AvgIpc) is 4.22. The Kier molecular flexibility index (Phi) is 10.6. The summed E-state index contributed by atoms with van der Waals surface area (Å²) in [6.45, 7) is 3.25. The molecular weight excluding hydrogens is 941 g/mol. The second kappa shape index (κ2) is 17.2. The Morgan fingerprint density at radius 2 is 1.00 bits per heavy atom. The van der Waals surface area contributed by atoms with E-state index in [1.54, 1.807) is 60.1 Å². The van der Waals surface area contributed by atoms with Crippen molar-refractivity contribution in [3.05, 3.63) is 143 Å². The maximum absolute atomic E-state index is 15.1. The number of hydrogen-bond donors (Lipinski definition) is 2. The molecule has 364 valence electrons. The quantitative estimate of drug-likeness (QED) is 0.0995. The first-order valence-corrected chi connectivity index (χ1v) is 22.9. The lowest BCUT2D eigenvalue weighted by Gasteiger charge is -2.38. The smallest absolute Gasteiger partial charge is 0.251 e. The van der Waals surface area contributed by atoms with Gasteiger partial charge < -0.3 is 39.0 Å². The number of fused-ring (bicyclic) bond motifs is 6. The molecule has 2 saturated heterocycles. The predicted octanol–water partition coefficient (Wildman–Crippen LogP) is 7.71. The Morgan fingerprint density at radius 3 is 1.39 bits per heavy atom. The van der Waals surface area contributed by atoms with E-state index in [1.165, 1.54) is 21.6 Å². The highest BCUT2D eigenvalue weighted by Gasteiger charge is 2.39. The third-order valence-electron chi connectivity index (χ3n) is 12.8. The van der Waals surface area contributed by atoms with E-state index in [0.717, 1.165) is 0 Å². The molecule has 0 spiro atoms. The lowest BCUT2D eigenvalue weighted by Crippen LogP contribution is -2.45. The first kappa shape index (κ1) is 44.3. The molecule has 0 atom stereocenters. The number of nitrogens with one attached hydrogen (secondary N) is 2. The Hall–Kier alpha value is -8.89. The Labute approximate surface area is 404 Å². The van der Waals surface area contributed by atoms with E-state index < -0.39 is 43.3 Å². The SMILES string of the molecule is Cc1cc(-c2nnc3c4ccccc4c(OC=C4C=CC(C(=O)C5=C(N6CCC(F)(F)CC6)NC(=COc6nn7c(-c8cc(C)on8)nnc7c7ccccc67)C=C5)=C(N5CCC(F)(F)CC5)N4)nn23)no1. The lowest BCUT2D eigenvalue weighted by molar-refractivity contribution is -0.112. The number of rotatable bonds is 10. The van der Waals surface area contributed by atoms with Gasteiger partial charge in [0.15, 0.2) is 28.5 Å². The van der Waals surface area contributed by atoms with Gasteiger partial charge in [-0.05, 0) is 50.3 Å². The minimum atomic E-state index is -2.89. The number of likely N-dealkylation sites (tertiary alicyclic amines) is 2. The van der Waals surface area contributed by atoms with Crippen molar-refractivity contribution in [1.82, 2.24) is 70.4 Å². The molecule has 10 heterocycles. The third kappa shape index (κ3) is 8.10. The summed E-state index contributed by atoms with van der Waals surface area (Å²) in [5.41, 5.74) is 2.83. The van der Waals surface area contributed by atoms with Crippen LogP contribution in [0.1, 0.15) is 37.2 Å². The number of halogens is 4. The van der Waals surface area contributed by atoms with Crippen molar-refractivity contribution >= 4 is 38.6 Å². The average molecular weight is 981 g/mol. The number of dihydropyridines is 2. The van der Waals surface area contributed by atoms with Gasteiger partial charge in [0.1, 0.15) is 35.7 Å². The maximum Gasteiger partial charge on any atom is 0.251 e. The molecule has 0 saturated carbocycles. The molecule has 19 nitrogen and oxygen atoms in total. The van der Waals surface area contributed by atoms with Crippen LogP contribution in [0.25, 0.3) is 55.9 Å². The number of benzene rings is 2. The van der Waals surface area contributed by atoms with Crippen molar-refractivity contribution in [1.29, 1.82) is 0 Å². The van der Waals surface area contributed by atoms with Gasteiger partial charge in [0, 0.05) is 85.5 Å². The number of alkyl halides is 4. The molecule has 0 amide bonds. The minimum Gasteiger partial charge on any atom is -0.443 e. The second-order valence-corrected chi connectivity index (χ2v) is 17.7. The number of hydrogen-bond acceptors (Lipinski definition) is 17. The third-order valence-corrected chi connectivity index (χ3v) is 12.8. The summed E-state index contributed by atoms with van der Waals surface area (Å²) in [6, 6.07) is 18.2. The van der Waals surface area contributed by atoms with Crippen LogP contribution >= 0.6 is 0 Å².